The molecule has 1 aliphatic heterocycles. The molecule has 5 nitrogen and oxygen atoms in total. The Balaban J connectivity index is 1.65. The summed E-state index contributed by atoms with van der Waals surface area (Å²) in [7, 11) is 0. The molecule has 0 radical (unpaired) electrons. The molecule has 7 heteroatoms. The number of halogens is 2. The maximum Gasteiger partial charge on any atom is 0.254 e. The summed E-state index contributed by atoms with van der Waals surface area (Å²) in [4.78, 5) is 31.9. The Kier molecular flexibility index (Phi) is 10.4. The van der Waals surface area contributed by atoms with Crippen LogP contribution in [0.4, 0.5) is 14.5 Å². The van der Waals surface area contributed by atoms with Crippen LogP contribution >= 0.6 is 0 Å². The highest BCUT2D eigenvalue weighted by Crippen LogP contribution is 2.27. The highest BCUT2D eigenvalue weighted by molar-refractivity contribution is 5.95. The zero-order chi connectivity index (χ0) is 28.5. The maximum atomic E-state index is 14.5. The lowest BCUT2D eigenvalue weighted by Gasteiger charge is -2.28. The van der Waals surface area contributed by atoms with Crippen molar-refractivity contribution in [1.29, 1.82) is 0 Å². The lowest BCUT2D eigenvalue weighted by atomic mass is 10.0. The smallest absolute Gasteiger partial charge is 0.254 e. The minimum Gasteiger partial charge on any atom is -0.333 e. The quantitative estimate of drug-likeness (QED) is 0.313. The second-order valence-corrected chi connectivity index (χ2v) is 10.6. The number of rotatable bonds is 7. The normalized spacial score (nSPS) is 14.9. The number of hydrogen-bond acceptors (Lipinski definition) is 3. The predicted octanol–water partition coefficient (Wildman–Crippen LogP) is 6.60. The maximum absolute atomic E-state index is 14.5. The molecule has 3 aromatic rings. The van der Waals surface area contributed by atoms with Crippen LogP contribution in [0.3, 0.4) is 0 Å². The minimum absolute atomic E-state index is 0.0621. The topological polar surface area (TPSA) is 43.9 Å². The Morgan fingerprint density at radius 2 is 1.55 bits per heavy atom. The van der Waals surface area contributed by atoms with E-state index in [1.54, 1.807) is 4.90 Å². The molecule has 1 heterocycles. The molecule has 4 rings (SSSR count). The van der Waals surface area contributed by atoms with E-state index in [4.69, 9.17) is 0 Å². The monoisotopic (exact) mass is 547 g/mol. The molecule has 1 aliphatic rings. The molecule has 212 valence electrons. The van der Waals surface area contributed by atoms with Gasteiger partial charge in [0.15, 0.2) is 11.6 Å². The van der Waals surface area contributed by atoms with Crippen LogP contribution in [0, 0.1) is 11.6 Å². The van der Waals surface area contributed by atoms with E-state index in [2.05, 4.69) is 24.0 Å². The first-order chi connectivity index (χ1) is 19.4. The van der Waals surface area contributed by atoms with Gasteiger partial charge in [-0.2, -0.15) is 0 Å². The molecule has 0 saturated carbocycles. The van der Waals surface area contributed by atoms with Gasteiger partial charge < -0.3 is 9.80 Å². The number of carbonyl (C=O) groups excluding carboxylic acids is 2. The Morgan fingerprint density at radius 1 is 0.825 bits per heavy atom. The summed E-state index contributed by atoms with van der Waals surface area (Å²) >= 11 is 0. The van der Waals surface area contributed by atoms with Gasteiger partial charge in [0, 0.05) is 57.8 Å². The fourth-order valence-corrected chi connectivity index (χ4v) is 5.26. The van der Waals surface area contributed by atoms with E-state index < -0.39 is 11.6 Å². The van der Waals surface area contributed by atoms with E-state index in [-0.39, 0.29) is 18.4 Å². The van der Waals surface area contributed by atoms with Crippen LogP contribution in [0.15, 0.2) is 66.7 Å². The average Bonchev–Trinajstić information content (AvgIpc) is 2.98. The lowest BCUT2D eigenvalue weighted by molar-refractivity contribution is -0.116. The number of carbonyl (C=O) groups is 2. The molecule has 0 bridgehead atoms. The van der Waals surface area contributed by atoms with Crippen molar-refractivity contribution in [2.75, 3.05) is 31.1 Å². The highest BCUT2D eigenvalue weighted by Gasteiger charge is 2.25. The highest BCUT2D eigenvalue weighted by atomic mass is 19.2. The van der Waals surface area contributed by atoms with Gasteiger partial charge in [0.2, 0.25) is 5.91 Å². The second kappa shape index (κ2) is 14.2. The first-order valence-electron chi connectivity index (χ1n) is 14.3. The molecule has 0 unspecified atom stereocenters. The van der Waals surface area contributed by atoms with Gasteiger partial charge in [-0.25, -0.2) is 8.78 Å². The fourth-order valence-electron chi connectivity index (χ4n) is 5.26. The first kappa shape index (κ1) is 29.4. The molecule has 2 amide bonds. The van der Waals surface area contributed by atoms with E-state index in [1.807, 2.05) is 42.5 Å². The van der Waals surface area contributed by atoms with E-state index in [1.165, 1.54) is 23.8 Å². The Bertz CT molecular complexity index is 1280. The molecule has 40 heavy (non-hydrogen) atoms. The number of amides is 2. The molecular weight excluding hydrogens is 508 g/mol. The molecule has 3 aromatic carbocycles. The third kappa shape index (κ3) is 7.75. The van der Waals surface area contributed by atoms with Gasteiger partial charge in [-0.3, -0.25) is 14.5 Å². The minimum atomic E-state index is -1.01. The molecule has 0 fully saturated rings. The summed E-state index contributed by atoms with van der Waals surface area (Å²) in [5, 5.41) is 0. The molecular formula is C33H39F2N3O2. The van der Waals surface area contributed by atoms with Gasteiger partial charge in [0.1, 0.15) is 0 Å². The van der Waals surface area contributed by atoms with Crippen LogP contribution < -0.4 is 4.90 Å². The molecule has 0 aromatic heterocycles. The number of aryl methyl sites for hydroxylation is 1. The summed E-state index contributed by atoms with van der Waals surface area (Å²) in [5.41, 5.74) is 3.62. The molecule has 0 N–H and O–H groups in total. The first-order valence-corrected chi connectivity index (χ1v) is 14.3. The standard InChI is InChI=1S/C33H39F2N3O2/c1-3-4-6-10-26-13-15-28(16-14-26)33(40)37-20-19-36(23-27-11-7-5-8-12-27)17-9-18-38(25(2)39)32-22-31(35)30(34)21-29(32)24-37/h5,7-8,11-16,21-22H,3-4,6,9-10,17-20,23-24H2,1-2H3. The van der Waals surface area contributed by atoms with Gasteiger partial charge in [-0.05, 0) is 54.2 Å². The summed E-state index contributed by atoms with van der Waals surface area (Å²) < 4.78 is 28.9. The summed E-state index contributed by atoms with van der Waals surface area (Å²) in [6.07, 6.45) is 5.05. The third-order valence-electron chi connectivity index (χ3n) is 7.50. The molecule has 0 aliphatic carbocycles. The third-order valence-corrected chi connectivity index (χ3v) is 7.50. The van der Waals surface area contributed by atoms with E-state index >= 15 is 0 Å². The van der Waals surface area contributed by atoms with Crippen LogP contribution in [0.25, 0.3) is 0 Å². The van der Waals surface area contributed by atoms with E-state index in [0.29, 0.717) is 56.0 Å². The van der Waals surface area contributed by atoms with Crippen LogP contribution in [-0.4, -0.2) is 47.8 Å². The SMILES string of the molecule is CCCCCc1ccc(C(=O)N2CCN(Cc3ccccc3)CCCN(C(C)=O)c3cc(F)c(F)cc3C2)cc1. The Morgan fingerprint density at radius 3 is 2.25 bits per heavy atom. The van der Waals surface area contributed by atoms with Gasteiger partial charge >= 0.3 is 0 Å². The van der Waals surface area contributed by atoms with Crippen molar-refractivity contribution in [3.05, 3.63) is 101 Å². The molecule has 0 spiro atoms. The van der Waals surface area contributed by atoms with Crippen LogP contribution in [-0.2, 0) is 24.3 Å². The summed E-state index contributed by atoms with van der Waals surface area (Å²) in [5.74, 6) is -2.43. The van der Waals surface area contributed by atoms with Crippen molar-refractivity contribution in [3.8, 4) is 0 Å². The van der Waals surface area contributed by atoms with Crippen molar-refractivity contribution in [1.82, 2.24) is 9.80 Å². The zero-order valence-electron chi connectivity index (χ0n) is 23.5. The summed E-state index contributed by atoms with van der Waals surface area (Å²) in [6, 6.07) is 20.0. The summed E-state index contributed by atoms with van der Waals surface area (Å²) in [6.45, 7) is 6.43. The number of unbranched alkanes of at least 4 members (excludes halogenated alkanes) is 2. The van der Waals surface area contributed by atoms with E-state index in [0.717, 1.165) is 37.0 Å². The Hall–Kier alpha value is -3.58. The number of fused-ring (bicyclic) bond motifs is 1. The predicted molar refractivity (Wildman–Crippen MR) is 155 cm³/mol. The van der Waals surface area contributed by atoms with Gasteiger partial charge in [-0.1, -0.05) is 62.2 Å². The van der Waals surface area contributed by atoms with Crippen molar-refractivity contribution >= 4 is 17.5 Å². The largest absolute Gasteiger partial charge is 0.333 e. The van der Waals surface area contributed by atoms with Gasteiger partial charge in [0.05, 0.1) is 5.69 Å². The fraction of sp³-hybridized carbons (Fsp3) is 0.394. The number of anilines is 1. The van der Waals surface area contributed by atoms with Crippen molar-refractivity contribution in [2.24, 2.45) is 0 Å². The van der Waals surface area contributed by atoms with Crippen LogP contribution in [0.5, 0.6) is 0 Å². The number of nitrogens with zero attached hydrogens (tertiary/aromatic N) is 3. The Labute approximate surface area is 236 Å². The lowest BCUT2D eigenvalue weighted by Crippen LogP contribution is -2.38. The van der Waals surface area contributed by atoms with Gasteiger partial charge in [-0.15, -0.1) is 0 Å². The van der Waals surface area contributed by atoms with Gasteiger partial charge in [0.25, 0.3) is 5.91 Å². The molecule has 0 saturated heterocycles. The zero-order valence-corrected chi connectivity index (χ0v) is 23.5. The van der Waals surface area contributed by atoms with Crippen molar-refractivity contribution < 1.29 is 18.4 Å². The molecule has 0 atom stereocenters. The van der Waals surface area contributed by atoms with E-state index in [9.17, 15) is 18.4 Å². The van der Waals surface area contributed by atoms with Crippen LogP contribution in [0.2, 0.25) is 0 Å². The van der Waals surface area contributed by atoms with Crippen molar-refractivity contribution in [2.45, 2.75) is 59.0 Å². The van der Waals surface area contributed by atoms with Crippen LogP contribution in [0.1, 0.15) is 66.6 Å². The number of hydrogen-bond donors (Lipinski definition) is 0. The van der Waals surface area contributed by atoms with Crippen molar-refractivity contribution in [3.63, 3.8) is 0 Å². The average molecular weight is 548 g/mol. The number of benzene rings is 3. The second-order valence-electron chi connectivity index (χ2n) is 10.6.